The van der Waals surface area contributed by atoms with Crippen LogP contribution in [0, 0.1) is 6.92 Å². The van der Waals surface area contributed by atoms with E-state index in [0.717, 1.165) is 16.7 Å². The monoisotopic (exact) mass is 346 g/mol. The minimum atomic E-state index is 0.219. The molecule has 0 atom stereocenters. The minimum absolute atomic E-state index is 0.219. The number of aromatic nitrogens is 2. The first-order valence-electron chi connectivity index (χ1n) is 7.07. The Kier molecular flexibility index (Phi) is 3.43. The molecule has 0 saturated carbocycles. The molecule has 0 aliphatic carbocycles. The highest BCUT2D eigenvalue weighted by Crippen LogP contribution is 2.32. The Morgan fingerprint density at radius 3 is 2.83 bits per heavy atom. The Hall–Kier alpha value is -2.17. The molecule has 0 fully saturated rings. The standard InChI is InChI=1S/C17H12Cl2N2O2/c1-10-16(19)21-8-4-7-13(17(21)20-10)22-9-14-15(18)11-5-2-3-6-12(11)23-14/h2-8H,9H2,1H3. The Morgan fingerprint density at radius 1 is 1.17 bits per heavy atom. The molecule has 0 spiro atoms. The Labute approximate surface area is 142 Å². The minimum Gasteiger partial charge on any atom is -0.482 e. The number of para-hydroxylation sites is 1. The first kappa shape index (κ1) is 14.4. The van der Waals surface area contributed by atoms with E-state index in [1.807, 2.05) is 49.5 Å². The molecule has 4 rings (SSSR count). The van der Waals surface area contributed by atoms with Gasteiger partial charge in [0.15, 0.2) is 17.2 Å². The second-order valence-electron chi connectivity index (χ2n) is 5.18. The fraction of sp³-hybridized carbons (Fsp3) is 0.118. The quantitative estimate of drug-likeness (QED) is 0.506. The van der Waals surface area contributed by atoms with Gasteiger partial charge in [-0.15, -0.1) is 0 Å². The summed E-state index contributed by atoms with van der Waals surface area (Å²) in [6.45, 7) is 2.08. The predicted molar refractivity (Wildman–Crippen MR) is 90.5 cm³/mol. The van der Waals surface area contributed by atoms with Gasteiger partial charge in [-0.05, 0) is 31.2 Å². The van der Waals surface area contributed by atoms with Crippen LogP contribution in [0.25, 0.3) is 16.6 Å². The summed E-state index contributed by atoms with van der Waals surface area (Å²) in [5, 5.41) is 2.03. The smallest absolute Gasteiger partial charge is 0.181 e. The van der Waals surface area contributed by atoms with Crippen molar-refractivity contribution in [1.29, 1.82) is 0 Å². The van der Waals surface area contributed by atoms with Crippen molar-refractivity contribution in [2.45, 2.75) is 13.5 Å². The van der Waals surface area contributed by atoms with Crippen molar-refractivity contribution in [1.82, 2.24) is 9.38 Å². The third-order valence-electron chi connectivity index (χ3n) is 3.68. The van der Waals surface area contributed by atoms with Crippen LogP contribution in [0.3, 0.4) is 0 Å². The molecule has 116 valence electrons. The van der Waals surface area contributed by atoms with Crippen LogP contribution < -0.4 is 4.74 Å². The van der Waals surface area contributed by atoms with Crippen LogP contribution in [0.1, 0.15) is 11.5 Å². The number of hydrogen-bond donors (Lipinski definition) is 0. The van der Waals surface area contributed by atoms with Gasteiger partial charge in [0.05, 0.1) is 10.7 Å². The zero-order chi connectivity index (χ0) is 16.0. The van der Waals surface area contributed by atoms with Crippen molar-refractivity contribution in [2.24, 2.45) is 0 Å². The van der Waals surface area contributed by atoms with Gasteiger partial charge in [-0.1, -0.05) is 35.3 Å². The summed E-state index contributed by atoms with van der Waals surface area (Å²) in [6, 6.07) is 11.3. The number of ether oxygens (including phenoxy) is 1. The van der Waals surface area contributed by atoms with E-state index in [1.54, 1.807) is 4.40 Å². The molecule has 1 aromatic carbocycles. The summed E-state index contributed by atoms with van der Waals surface area (Å²) in [4.78, 5) is 4.43. The normalized spacial score (nSPS) is 11.4. The first-order chi connectivity index (χ1) is 11.1. The van der Waals surface area contributed by atoms with E-state index in [2.05, 4.69) is 4.98 Å². The molecule has 4 nitrogen and oxygen atoms in total. The van der Waals surface area contributed by atoms with Crippen LogP contribution in [0.4, 0.5) is 0 Å². The SMILES string of the molecule is Cc1nc2c(OCc3oc4ccccc4c3Cl)cccn2c1Cl. The molecule has 0 saturated heterocycles. The van der Waals surface area contributed by atoms with E-state index >= 15 is 0 Å². The largest absolute Gasteiger partial charge is 0.482 e. The van der Waals surface area contributed by atoms with Crippen molar-refractivity contribution >= 4 is 39.8 Å². The van der Waals surface area contributed by atoms with Gasteiger partial charge in [0.2, 0.25) is 0 Å². The molecule has 3 aromatic heterocycles. The highest BCUT2D eigenvalue weighted by Gasteiger charge is 2.15. The van der Waals surface area contributed by atoms with Gasteiger partial charge < -0.3 is 9.15 Å². The maximum absolute atomic E-state index is 6.36. The van der Waals surface area contributed by atoms with Gasteiger partial charge in [0.1, 0.15) is 17.3 Å². The number of hydrogen-bond acceptors (Lipinski definition) is 3. The molecule has 4 aromatic rings. The molecule has 0 unspecified atom stereocenters. The Balaban J connectivity index is 1.68. The molecular formula is C17H12Cl2N2O2. The van der Waals surface area contributed by atoms with Crippen LogP contribution in [0.5, 0.6) is 5.75 Å². The molecule has 0 aliphatic rings. The number of rotatable bonds is 3. The van der Waals surface area contributed by atoms with E-state index in [0.29, 0.717) is 27.3 Å². The molecule has 0 amide bonds. The Bertz CT molecular complexity index is 1020. The molecule has 6 heteroatoms. The number of imidazole rings is 1. The van der Waals surface area contributed by atoms with E-state index in [9.17, 15) is 0 Å². The zero-order valence-electron chi connectivity index (χ0n) is 12.2. The summed E-state index contributed by atoms with van der Waals surface area (Å²) >= 11 is 12.6. The van der Waals surface area contributed by atoms with Crippen LogP contribution >= 0.6 is 23.2 Å². The van der Waals surface area contributed by atoms with Crippen molar-refractivity contribution in [2.75, 3.05) is 0 Å². The number of nitrogens with zero attached hydrogens (tertiary/aromatic N) is 2. The number of aryl methyl sites for hydroxylation is 1. The van der Waals surface area contributed by atoms with Crippen molar-refractivity contribution in [3.63, 3.8) is 0 Å². The molecular weight excluding hydrogens is 335 g/mol. The van der Waals surface area contributed by atoms with Gasteiger partial charge in [-0.3, -0.25) is 4.40 Å². The fourth-order valence-electron chi connectivity index (χ4n) is 2.54. The van der Waals surface area contributed by atoms with Crippen molar-refractivity contribution in [3.8, 4) is 5.75 Å². The summed E-state index contributed by atoms with van der Waals surface area (Å²) in [6.07, 6.45) is 1.85. The molecule has 0 bridgehead atoms. The number of pyridine rings is 1. The lowest BCUT2D eigenvalue weighted by Gasteiger charge is -2.06. The van der Waals surface area contributed by atoms with Gasteiger partial charge in [-0.25, -0.2) is 4.98 Å². The van der Waals surface area contributed by atoms with E-state index < -0.39 is 0 Å². The summed E-state index contributed by atoms with van der Waals surface area (Å²) in [5.41, 5.74) is 2.17. The average molecular weight is 347 g/mol. The number of fused-ring (bicyclic) bond motifs is 2. The van der Waals surface area contributed by atoms with Crippen LogP contribution in [-0.2, 0) is 6.61 Å². The van der Waals surface area contributed by atoms with Crippen LogP contribution in [0.2, 0.25) is 10.2 Å². The van der Waals surface area contributed by atoms with E-state index in [4.69, 9.17) is 32.4 Å². The topological polar surface area (TPSA) is 39.7 Å². The lowest BCUT2D eigenvalue weighted by Crippen LogP contribution is -1.97. The number of halogens is 2. The van der Waals surface area contributed by atoms with Gasteiger partial charge in [-0.2, -0.15) is 0 Å². The van der Waals surface area contributed by atoms with E-state index in [-0.39, 0.29) is 6.61 Å². The number of furan rings is 1. The van der Waals surface area contributed by atoms with E-state index in [1.165, 1.54) is 0 Å². The summed E-state index contributed by atoms with van der Waals surface area (Å²) in [7, 11) is 0. The number of benzene rings is 1. The third kappa shape index (κ3) is 2.35. The third-order valence-corrected chi connectivity index (χ3v) is 4.55. The van der Waals surface area contributed by atoms with Gasteiger partial charge in [0.25, 0.3) is 0 Å². The maximum atomic E-state index is 6.36. The first-order valence-corrected chi connectivity index (χ1v) is 7.82. The molecule has 0 N–H and O–H groups in total. The predicted octanol–water partition coefficient (Wildman–Crippen LogP) is 5.27. The highest BCUT2D eigenvalue weighted by atomic mass is 35.5. The molecule has 0 aliphatic heterocycles. The van der Waals surface area contributed by atoms with Crippen molar-refractivity contribution < 1.29 is 9.15 Å². The molecule has 0 radical (unpaired) electrons. The summed E-state index contributed by atoms with van der Waals surface area (Å²) in [5.74, 6) is 1.21. The lowest BCUT2D eigenvalue weighted by molar-refractivity contribution is 0.276. The second-order valence-corrected chi connectivity index (χ2v) is 5.91. The van der Waals surface area contributed by atoms with Gasteiger partial charge >= 0.3 is 0 Å². The van der Waals surface area contributed by atoms with Crippen molar-refractivity contribution in [3.05, 3.63) is 64.2 Å². The summed E-state index contributed by atoms with van der Waals surface area (Å²) < 4.78 is 13.4. The highest BCUT2D eigenvalue weighted by molar-refractivity contribution is 6.36. The second kappa shape index (κ2) is 5.48. The Morgan fingerprint density at radius 2 is 2.00 bits per heavy atom. The van der Waals surface area contributed by atoms with Crippen LogP contribution in [-0.4, -0.2) is 9.38 Å². The molecule has 23 heavy (non-hydrogen) atoms. The van der Waals surface area contributed by atoms with Crippen LogP contribution in [0.15, 0.2) is 47.0 Å². The fourth-order valence-corrected chi connectivity index (χ4v) is 2.97. The average Bonchev–Trinajstić information content (AvgIpc) is 3.04. The maximum Gasteiger partial charge on any atom is 0.181 e. The zero-order valence-corrected chi connectivity index (χ0v) is 13.7. The van der Waals surface area contributed by atoms with Gasteiger partial charge in [0, 0.05) is 11.6 Å². The molecule has 3 heterocycles. The lowest BCUT2D eigenvalue weighted by atomic mass is 10.2.